The van der Waals surface area contributed by atoms with Gasteiger partial charge in [0, 0.05) is 0 Å². The van der Waals surface area contributed by atoms with Crippen LogP contribution < -0.4 is 0 Å². The molecule has 1 aliphatic rings. The molecular weight excluding hydrogens is 188 g/mol. The molecule has 2 heteroatoms. The Labute approximate surface area is 92.0 Å². The number of hydrogen-bond acceptors (Lipinski definition) is 2. The molecule has 0 saturated heterocycles. The molecule has 0 heterocycles. The van der Waals surface area contributed by atoms with E-state index in [1.165, 1.54) is 0 Å². The van der Waals surface area contributed by atoms with Crippen molar-refractivity contribution in [2.24, 2.45) is 17.8 Å². The summed E-state index contributed by atoms with van der Waals surface area (Å²) in [5.41, 5.74) is 0. The summed E-state index contributed by atoms with van der Waals surface area (Å²) in [7, 11) is 0. The molecule has 0 aromatic rings. The third kappa shape index (κ3) is 2.95. The van der Waals surface area contributed by atoms with E-state index in [2.05, 4.69) is 13.2 Å². The Morgan fingerprint density at radius 2 is 2.13 bits per heavy atom. The van der Waals surface area contributed by atoms with Gasteiger partial charge in [0.05, 0.1) is 12.5 Å². The largest absolute Gasteiger partial charge is 0.465 e. The van der Waals surface area contributed by atoms with Gasteiger partial charge in [-0.25, -0.2) is 0 Å². The molecule has 1 fully saturated rings. The van der Waals surface area contributed by atoms with Gasteiger partial charge in [-0.05, 0) is 31.1 Å². The third-order valence-corrected chi connectivity index (χ3v) is 3.04. The van der Waals surface area contributed by atoms with E-state index in [1.54, 1.807) is 0 Å². The molecule has 0 aliphatic heterocycles. The molecular formula is C13H20O2. The van der Waals surface area contributed by atoms with E-state index in [9.17, 15) is 4.79 Å². The summed E-state index contributed by atoms with van der Waals surface area (Å²) in [4.78, 5) is 11.7. The molecule has 3 atom stereocenters. The van der Waals surface area contributed by atoms with Gasteiger partial charge in [0.2, 0.25) is 0 Å². The Kier molecular flexibility index (Phi) is 4.60. The van der Waals surface area contributed by atoms with Crippen molar-refractivity contribution in [3.8, 4) is 0 Å². The highest BCUT2D eigenvalue weighted by Crippen LogP contribution is 2.38. The van der Waals surface area contributed by atoms with Gasteiger partial charge in [0.15, 0.2) is 0 Å². The van der Waals surface area contributed by atoms with Crippen LogP contribution in [-0.2, 0) is 9.53 Å². The zero-order chi connectivity index (χ0) is 11.3. The SMILES string of the molecule is C=CC1CC(C=C)C(C(=O)OCCC)C1. The number of carbonyl (C=O) groups excluding carboxylic acids is 1. The minimum atomic E-state index is -0.0638. The standard InChI is InChI=1S/C13H20O2/c1-4-7-15-13(14)12-9-10(5-2)8-11(12)6-3/h5-6,10-12H,2-4,7-9H2,1H3. The summed E-state index contributed by atoms with van der Waals surface area (Å²) < 4.78 is 5.18. The van der Waals surface area contributed by atoms with Gasteiger partial charge >= 0.3 is 5.97 Å². The summed E-state index contributed by atoms with van der Waals surface area (Å²) in [5, 5.41) is 0. The van der Waals surface area contributed by atoms with E-state index in [0.29, 0.717) is 12.5 Å². The molecule has 0 radical (unpaired) electrons. The van der Waals surface area contributed by atoms with Gasteiger partial charge in [-0.15, -0.1) is 13.2 Å². The first kappa shape index (κ1) is 12.0. The quantitative estimate of drug-likeness (QED) is 0.513. The van der Waals surface area contributed by atoms with Crippen LogP contribution in [0.1, 0.15) is 26.2 Å². The van der Waals surface area contributed by atoms with Gasteiger partial charge in [-0.1, -0.05) is 19.1 Å². The van der Waals surface area contributed by atoms with Gasteiger partial charge < -0.3 is 4.74 Å². The fourth-order valence-electron chi connectivity index (χ4n) is 2.14. The lowest BCUT2D eigenvalue weighted by Crippen LogP contribution is -2.20. The van der Waals surface area contributed by atoms with Crippen LogP contribution in [0.5, 0.6) is 0 Å². The molecule has 0 N–H and O–H groups in total. The number of hydrogen-bond donors (Lipinski definition) is 0. The average molecular weight is 208 g/mol. The first-order valence-corrected chi connectivity index (χ1v) is 5.64. The lowest BCUT2D eigenvalue weighted by atomic mass is 9.96. The Hall–Kier alpha value is -1.05. The van der Waals surface area contributed by atoms with Crippen LogP contribution in [-0.4, -0.2) is 12.6 Å². The maximum Gasteiger partial charge on any atom is 0.309 e. The van der Waals surface area contributed by atoms with Gasteiger partial charge in [-0.2, -0.15) is 0 Å². The molecule has 2 nitrogen and oxygen atoms in total. The van der Waals surface area contributed by atoms with E-state index in [-0.39, 0.29) is 17.8 Å². The average Bonchev–Trinajstić information content (AvgIpc) is 2.69. The Bertz CT molecular complexity index is 245. The summed E-state index contributed by atoms with van der Waals surface area (Å²) in [6.45, 7) is 10.1. The van der Waals surface area contributed by atoms with E-state index in [1.807, 2.05) is 19.1 Å². The Morgan fingerprint density at radius 1 is 1.40 bits per heavy atom. The summed E-state index contributed by atoms with van der Waals surface area (Å²) in [6, 6.07) is 0. The summed E-state index contributed by atoms with van der Waals surface area (Å²) in [6.07, 6.45) is 6.54. The van der Waals surface area contributed by atoms with Crippen molar-refractivity contribution < 1.29 is 9.53 Å². The normalized spacial score (nSPS) is 29.8. The van der Waals surface area contributed by atoms with Crippen LogP contribution in [0.4, 0.5) is 0 Å². The highest BCUT2D eigenvalue weighted by Gasteiger charge is 2.36. The zero-order valence-corrected chi connectivity index (χ0v) is 9.45. The van der Waals surface area contributed by atoms with Crippen molar-refractivity contribution in [3.05, 3.63) is 25.3 Å². The number of esters is 1. The molecule has 0 amide bonds. The van der Waals surface area contributed by atoms with Crippen molar-refractivity contribution in [2.45, 2.75) is 26.2 Å². The maximum absolute atomic E-state index is 11.7. The second kappa shape index (κ2) is 5.74. The molecule has 15 heavy (non-hydrogen) atoms. The topological polar surface area (TPSA) is 26.3 Å². The molecule has 0 aromatic heterocycles. The molecule has 0 bridgehead atoms. The number of ether oxygens (including phenoxy) is 1. The van der Waals surface area contributed by atoms with Crippen molar-refractivity contribution in [2.75, 3.05) is 6.61 Å². The van der Waals surface area contributed by atoms with E-state index >= 15 is 0 Å². The minimum Gasteiger partial charge on any atom is -0.465 e. The van der Waals surface area contributed by atoms with Gasteiger partial charge in [0.1, 0.15) is 0 Å². The van der Waals surface area contributed by atoms with Crippen molar-refractivity contribution in [3.63, 3.8) is 0 Å². The molecule has 84 valence electrons. The Morgan fingerprint density at radius 3 is 2.67 bits per heavy atom. The summed E-state index contributed by atoms with van der Waals surface area (Å²) in [5.74, 6) is 0.632. The van der Waals surface area contributed by atoms with Crippen LogP contribution in [0.25, 0.3) is 0 Å². The fraction of sp³-hybridized carbons (Fsp3) is 0.615. The number of carbonyl (C=O) groups is 1. The lowest BCUT2D eigenvalue weighted by molar-refractivity contribution is -0.149. The smallest absolute Gasteiger partial charge is 0.309 e. The lowest BCUT2D eigenvalue weighted by Gasteiger charge is -2.14. The minimum absolute atomic E-state index is 0.00273. The van der Waals surface area contributed by atoms with E-state index < -0.39 is 0 Å². The van der Waals surface area contributed by atoms with Crippen LogP contribution in [0.15, 0.2) is 25.3 Å². The van der Waals surface area contributed by atoms with Crippen LogP contribution >= 0.6 is 0 Å². The van der Waals surface area contributed by atoms with E-state index in [4.69, 9.17) is 4.74 Å². The molecule has 1 saturated carbocycles. The maximum atomic E-state index is 11.7. The number of allylic oxidation sites excluding steroid dienone is 2. The second-order valence-corrected chi connectivity index (χ2v) is 4.14. The zero-order valence-electron chi connectivity index (χ0n) is 9.45. The molecule has 1 rings (SSSR count). The fourth-order valence-corrected chi connectivity index (χ4v) is 2.14. The predicted molar refractivity (Wildman–Crippen MR) is 61.3 cm³/mol. The highest BCUT2D eigenvalue weighted by molar-refractivity contribution is 5.73. The molecule has 3 unspecified atom stereocenters. The van der Waals surface area contributed by atoms with Crippen LogP contribution in [0.3, 0.4) is 0 Å². The Balaban J connectivity index is 2.55. The molecule has 1 aliphatic carbocycles. The van der Waals surface area contributed by atoms with Crippen LogP contribution in [0, 0.1) is 17.8 Å². The van der Waals surface area contributed by atoms with Gasteiger partial charge in [-0.3, -0.25) is 4.79 Å². The molecule has 0 spiro atoms. The monoisotopic (exact) mass is 208 g/mol. The third-order valence-electron chi connectivity index (χ3n) is 3.04. The van der Waals surface area contributed by atoms with E-state index in [0.717, 1.165) is 19.3 Å². The highest BCUT2D eigenvalue weighted by atomic mass is 16.5. The first-order chi connectivity index (χ1) is 7.22. The second-order valence-electron chi connectivity index (χ2n) is 4.14. The van der Waals surface area contributed by atoms with Crippen LogP contribution in [0.2, 0.25) is 0 Å². The van der Waals surface area contributed by atoms with Gasteiger partial charge in [0.25, 0.3) is 0 Å². The van der Waals surface area contributed by atoms with Crippen molar-refractivity contribution in [1.29, 1.82) is 0 Å². The molecule has 0 aromatic carbocycles. The summed E-state index contributed by atoms with van der Waals surface area (Å²) >= 11 is 0. The first-order valence-electron chi connectivity index (χ1n) is 5.64. The number of rotatable bonds is 5. The van der Waals surface area contributed by atoms with Crippen molar-refractivity contribution >= 4 is 5.97 Å². The predicted octanol–water partition coefficient (Wildman–Crippen LogP) is 2.95. The van der Waals surface area contributed by atoms with Crippen molar-refractivity contribution in [1.82, 2.24) is 0 Å².